The van der Waals surface area contributed by atoms with E-state index >= 15 is 0 Å². The van der Waals surface area contributed by atoms with Crippen molar-refractivity contribution in [2.45, 2.75) is 38.8 Å². The van der Waals surface area contributed by atoms with Crippen LogP contribution in [0.15, 0.2) is 29.0 Å². The van der Waals surface area contributed by atoms with E-state index in [1.165, 1.54) is 6.42 Å². The SMILES string of the molecule is C[C@@H]1CCCCN1C(=O)COCc1nc(-c2ccncc2)no1. The highest BCUT2D eigenvalue weighted by atomic mass is 16.5. The summed E-state index contributed by atoms with van der Waals surface area (Å²) in [6, 6.07) is 3.90. The van der Waals surface area contributed by atoms with E-state index in [9.17, 15) is 4.79 Å². The van der Waals surface area contributed by atoms with Crippen LogP contribution in [0, 0.1) is 0 Å². The number of carbonyl (C=O) groups is 1. The quantitative estimate of drug-likeness (QED) is 0.839. The minimum Gasteiger partial charge on any atom is -0.362 e. The monoisotopic (exact) mass is 316 g/mol. The van der Waals surface area contributed by atoms with Crippen LogP contribution in [0.3, 0.4) is 0 Å². The molecule has 3 rings (SSSR count). The van der Waals surface area contributed by atoms with Gasteiger partial charge in [0.15, 0.2) is 0 Å². The van der Waals surface area contributed by atoms with Gasteiger partial charge < -0.3 is 14.2 Å². The van der Waals surface area contributed by atoms with E-state index in [1.54, 1.807) is 24.5 Å². The second-order valence-corrected chi connectivity index (χ2v) is 5.67. The van der Waals surface area contributed by atoms with Gasteiger partial charge in [0, 0.05) is 30.5 Å². The Hall–Kier alpha value is -2.28. The molecule has 0 radical (unpaired) electrons. The van der Waals surface area contributed by atoms with Crippen LogP contribution in [0.5, 0.6) is 0 Å². The third kappa shape index (κ3) is 3.92. The summed E-state index contributed by atoms with van der Waals surface area (Å²) in [7, 11) is 0. The summed E-state index contributed by atoms with van der Waals surface area (Å²) in [5.74, 6) is 0.865. The first kappa shape index (κ1) is 15.6. The molecular weight excluding hydrogens is 296 g/mol. The fourth-order valence-corrected chi connectivity index (χ4v) is 2.71. The van der Waals surface area contributed by atoms with Crippen molar-refractivity contribution in [2.24, 2.45) is 0 Å². The van der Waals surface area contributed by atoms with Crippen LogP contribution >= 0.6 is 0 Å². The van der Waals surface area contributed by atoms with Gasteiger partial charge in [0.25, 0.3) is 5.89 Å². The Bertz CT molecular complexity index is 644. The summed E-state index contributed by atoms with van der Waals surface area (Å²) in [6.07, 6.45) is 6.64. The Labute approximate surface area is 134 Å². The zero-order valence-corrected chi connectivity index (χ0v) is 13.1. The van der Waals surface area contributed by atoms with E-state index in [0.29, 0.717) is 17.8 Å². The maximum absolute atomic E-state index is 12.2. The van der Waals surface area contributed by atoms with Crippen molar-refractivity contribution in [2.75, 3.05) is 13.2 Å². The first-order chi connectivity index (χ1) is 11.2. The highest BCUT2D eigenvalue weighted by molar-refractivity contribution is 5.77. The maximum atomic E-state index is 12.2. The number of carbonyl (C=O) groups excluding carboxylic acids is 1. The second kappa shape index (κ2) is 7.32. The molecule has 0 saturated carbocycles. The topological polar surface area (TPSA) is 81.4 Å². The third-order valence-corrected chi connectivity index (χ3v) is 3.98. The molecule has 23 heavy (non-hydrogen) atoms. The van der Waals surface area contributed by atoms with Gasteiger partial charge in [-0.1, -0.05) is 5.16 Å². The fraction of sp³-hybridized carbons (Fsp3) is 0.500. The first-order valence-electron chi connectivity index (χ1n) is 7.84. The lowest BCUT2D eigenvalue weighted by Crippen LogP contribution is -2.43. The van der Waals surface area contributed by atoms with Crippen LogP contribution in [0.25, 0.3) is 11.4 Å². The average molecular weight is 316 g/mol. The molecular formula is C16H20N4O3. The summed E-state index contributed by atoms with van der Waals surface area (Å²) in [5, 5.41) is 3.90. The Morgan fingerprint density at radius 2 is 2.22 bits per heavy atom. The molecule has 0 aromatic carbocycles. The normalized spacial score (nSPS) is 18.1. The number of aromatic nitrogens is 3. The van der Waals surface area contributed by atoms with Gasteiger partial charge in [0.2, 0.25) is 11.7 Å². The lowest BCUT2D eigenvalue weighted by Gasteiger charge is -2.33. The Kier molecular flexibility index (Phi) is 4.97. The van der Waals surface area contributed by atoms with Crippen molar-refractivity contribution >= 4 is 5.91 Å². The predicted molar refractivity (Wildman–Crippen MR) is 82.2 cm³/mol. The molecule has 7 heteroatoms. The van der Waals surface area contributed by atoms with Gasteiger partial charge in [0.05, 0.1) is 0 Å². The number of amides is 1. The Morgan fingerprint density at radius 1 is 1.39 bits per heavy atom. The van der Waals surface area contributed by atoms with Gasteiger partial charge in [-0.05, 0) is 38.3 Å². The van der Waals surface area contributed by atoms with E-state index in [-0.39, 0.29) is 19.1 Å². The van der Waals surface area contributed by atoms with Crippen LogP contribution < -0.4 is 0 Å². The van der Waals surface area contributed by atoms with Crippen molar-refractivity contribution in [3.8, 4) is 11.4 Å². The summed E-state index contributed by atoms with van der Waals surface area (Å²) < 4.78 is 10.6. The lowest BCUT2D eigenvalue weighted by molar-refractivity contribution is -0.140. The number of nitrogens with zero attached hydrogens (tertiary/aromatic N) is 4. The second-order valence-electron chi connectivity index (χ2n) is 5.67. The van der Waals surface area contributed by atoms with Crippen LogP contribution in [0.2, 0.25) is 0 Å². The van der Waals surface area contributed by atoms with E-state index in [1.807, 2.05) is 4.90 Å². The first-order valence-corrected chi connectivity index (χ1v) is 7.84. The molecule has 0 aliphatic carbocycles. The highest BCUT2D eigenvalue weighted by Gasteiger charge is 2.23. The molecule has 0 spiro atoms. The number of hydrogen-bond donors (Lipinski definition) is 0. The predicted octanol–water partition coefficient (Wildman–Crippen LogP) is 2.05. The minimum absolute atomic E-state index is 0.0195. The summed E-state index contributed by atoms with van der Waals surface area (Å²) in [6.45, 7) is 3.07. The van der Waals surface area contributed by atoms with Gasteiger partial charge in [-0.15, -0.1) is 0 Å². The lowest BCUT2D eigenvalue weighted by atomic mass is 10.0. The van der Waals surface area contributed by atoms with E-state index < -0.39 is 0 Å². The zero-order chi connectivity index (χ0) is 16.1. The van der Waals surface area contributed by atoms with Crippen LogP contribution in [0.1, 0.15) is 32.1 Å². The summed E-state index contributed by atoms with van der Waals surface area (Å²) >= 11 is 0. The van der Waals surface area contributed by atoms with Crippen molar-refractivity contribution in [1.29, 1.82) is 0 Å². The Balaban J connectivity index is 1.49. The molecule has 1 amide bonds. The maximum Gasteiger partial charge on any atom is 0.252 e. The molecule has 0 N–H and O–H groups in total. The number of rotatable bonds is 5. The molecule has 1 saturated heterocycles. The molecule has 0 unspecified atom stereocenters. The van der Waals surface area contributed by atoms with Crippen molar-refractivity contribution < 1.29 is 14.1 Å². The summed E-state index contributed by atoms with van der Waals surface area (Å²) in [5.41, 5.74) is 0.827. The molecule has 1 aliphatic heterocycles. The molecule has 2 aromatic heterocycles. The molecule has 1 atom stereocenters. The molecule has 0 bridgehead atoms. The number of hydrogen-bond acceptors (Lipinski definition) is 6. The molecule has 1 aliphatic rings. The molecule has 7 nitrogen and oxygen atoms in total. The van der Waals surface area contributed by atoms with Crippen molar-refractivity contribution in [3.63, 3.8) is 0 Å². The average Bonchev–Trinajstić information content (AvgIpc) is 3.05. The van der Waals surface area contributed by atoms with Crippen molar-refractivity contribution in [1.82, 2.24) is 20.0 Å². The highest BCUT2D eigenvalue weighted by Crippen LogP contribution is 2.17. The van der Waals surface area contributed by atoms with Gasteiger partial charge in [0.1, 0.15) is 13.2 Å². The smallest absolute Gasteiger partial charge is 0.252 e. The van der Waals surface area contributed by atoms with Crippen LogP contribution in [-0.4, -0.2) is 45.1 Å². The number of piperidine rings is 1. The van der Waals surface area contributed by atoms with Gasteiger partial charge in [-0.3, -0.25) is 9.78 Å². The third-order valence-electron chi connectivity index (χ3n) is 3.98. The molecule has 1 fully saturated rings. The number of ether oxygens (including phenoxy) is 1. The molecule has 122 valence electrons. The van der Waals surface area contributed by atoms with E-state index in [0.717, 1.165) is 24.9 Å². The fourth-order valence-electron chi connectivity index (χ4n) is 2.71. The van der Waals surface area contributed by atoms with E-state index in [4.69, 9.17) is 9.26 Å². The van der Waals surface area contributed by atoms with E-state index in [2.05, 4.69) is 22.0 Å². The minimum atomic E-state index is 0.0195. The zero-order valence-electron chi connectivity index (χ0n) is 13.1. The van der Waals surface area contributed by atoms with Crippen LogP contribution in [-0.2, 0) is 16.1 Å². The van der Waals surface area contributed by atoms with Gasteiger partial charge in [-0.25, -0.2) is 0 Å². The van der Waals surface area contributed by atoms with Gasteiger partial charge in [-0.2, -0.15) is 4.98 Å². The largest absolute Gasteiger partial charge is 0.362 e. The summed E-state index contributed by atoms with van der Waals surface area (Å²) in [4.78, 5) is 22.2. The number of likely N-dealkylation sites (tertiary alicyclic amines) is 1. The molecule has 3 heterocycles. The van der Waals surface area contributed by atoms with Gasteiger partial charge >= 0.3 is 0 Å². The van der Waals surface area contributed by atoms with Crippen LogP contribution in [0.4, 0.5) is 0 Å². The Morgan fingerprint density at radius 3 is 3.00 bits per heavy atom. The van der Waals surface area contributed by atoms with Crippen molar-refractivity contribution in [3.05, 3.63) is 30.4 Å². The standard InChI is InChI=1S/C16H20N4O3/c1-12-4-2-3-9-20(12)15(21)11-22-10-14-18-16(19-23-14)13-5-7-17-8-6-13/h5-8,12H,2-4,9-11H2,1H3/t12-/m1/s1. The number of pyridine rings is 1. The molecule has 2 aromatic rings.